The molecule has 0 aliphatic carbocycles. The average molecular weight is 276 g/mol. The first-order chi connectivity index (χ1) is 8.97. The standard InChI is InChI=1S/C15H14ClNO2/c1-4-7-17-14(18)12(13(16)15(17)19)11-6-5-9(2)8-10(11)3/h4-6,8H,1,7H2,2-3H3. The molecule has 0 bridgehead atoms. The zero-order chi connectivity index (χ0) is 14.2. The lowest BCUT2D eigenvalue weighted by molar-refractivity contribution is -0.135. The monoisotopic (exact) mass is 275 g/mol. The number of aryl methyl sites for hydroxylation is 2. The fourth-order valence-electron chi connectivity index (χ4n) is 2.17. The molecule has 0 saturated heterocycles. The molecule has 0 fully saturated rings. The molecule has 0 spiro atoms. The number of benzene rings is 1. The Labute approximate surface area is 117 Å². The van der Waals surface area contributed by atoms with E-state index in [1.54, 1.807) is 0 Å². The van der Waals surface area contributed by atoms with Crippen LogP contribution in [0.25, 0.3) is 5.57 Å². The van der Waals surface area contributed by atoms with Crippen molar-refractivity contribution in [1.82, 2.24) is 4.90 Å². The summed E-state index contributed by atoms with van der Waals surface area (Å²) in [6, 6.07) is 5.68. The molecule has 1 heterocycles. The van der Waals surface area contributed by atoms with Crippen LogP contribution in [0.2, 0.25) is 0 Å². The second-order valence-corrected chi connectivity index (χ2v) is 4.89. The van der Waals surface area contributed by atoms with Crippen molar-refractivity contribution in [1.29, 1.82) is 0 Å². The molecule has 1 aromatic carbocycles. The van der Waals surface area contributed by atoms with Gasteiger partial charge >= 0.3 is 0 Å². The van der Waals surface area contributed by atoms with E-state index in [1.165, 1.54) is 6.08 Å². The maximum absolute atomic E-state index is 12.3. The van der Waals surface area contributed by atoms with E-state index in [4.69, 9.17) is 11.6 Å². The van der Waals surface area contributed by atoms with Gasteiger partial charge in [-0.1, -0.05) is 41.4 Å². The first kappa shape index (κ1) is 13.6. The SMILES string of the molecule is C=CCN1C(=O)C(Cl)=C(c2ccc(C)cc2C)C1=O. The van der Waals surface area contributed by atoms with Crippen molar-refractivity contribution >= 4 is 29.0 Å². The predicted molar refractivity (Wildman–Crippen MR) is 75.6 cm³/mol. The molecular formula is C15H14ClNO2. The molecule has 4 heteroatoms. The van der Waals surface area contributed by atoms with Crippen LogP contribution in [0.15, 0.2) is 35.9 Å². The van der Waals surface area contributed by atoms with Gasteiger partial charge in [0.25, 0.3) is 11.8 Å². The highest BCUT2D eigenvalue weighted by Gasteiger charge is 2.37. The molecule has 1 aliphatic heterocycles. The lowest BCUT2D eigenvalue weighted by Crippen LogP contribution is -2.31. The van der Waals surface area contributed by atoms with E-state index >= 15 is 0 Å². The van der Waals surface area contributed by atoms with Crippen molar-refractivity contribution in [3.8, 4) is 0 Å². The smallest absolute Gasteiger partial charge is 0.270 e. The van der Waals surface area contributed by atoms with Crippen LogP contribution in [-0.2, 0) is 9.59 Å². The van der Waals surface area contributed by atoms with Gasteiger partial charge in [0.2, 0.25) is 0 Å². The molecule has 1 aromatic rings. The lowest BCUT2D eigenvalue weighted by atomic mass is 9.99. The normalized spacial score (nSPS) is 15.4. The first-order valence-corrected chi connectivity index (χ1v) is 6.29. The zero-order valence-corrected chi connectivity index (χ0v) is 11.6. The highest BCUT2D eigenvalue weighted by molar-refractivity contribution is 6.55. The van der Waals surface area contributed by atoms with Crippen molar-refractivity contribution in [2.24, 2.45) is 0 Å². The minimum atomic E-state index is -0.457. The molecule has 19 heavy (non-hydrogen) atoms. The van der Waals surface area contributed by atoms with Crippen LogP contribution in [0.4, 0.5) is 0 Å². The Morgan fingerprint density at radius 3 is 2.53 bits per heavy atom. The number of hydrogen-bond acceptors (Lipinski definition) is 2. The van der Waals surface area contributed by atoms with E-state index < -0.39 is 5.91 Å². The molecule has 3 nitrogen and oxygen atoms in total. The zero-order valence-electron chi connectivity index (χ0n) is 10.9. The van der Waals surface area contributed by atoms with Crippen LogP contribution in [-0.4, -0.2) is 23.3 Å². The van der Waals surface area contributed by atoms with Gasteiger partial charge in [0.15, 0.2) is 0 Å². The molecular weight excluding hydrogens is 262 g/mol. The molecule has 1 aliphatic rings. The minimum Gasteiger partial charge on any atom is -0.270 e. The van der Waals surface area contributed by atoms with Gasteiger partial charge in [-0.25, -0.2) is 0 Å². The van der Waals surface area contributed by atoms with Gasteiger partial charge in [-0.3, -0.25) is 14.5 Å². The summed E-state index contributed by atoms with van der Waals surface area (Å²) in [4.78, 5) is 25.3. The third-order valence-corrected chi connectivity index (χ3v) is 3.42. The van der Waals surface area contributed by atoms with Gasteiger partial charge in [-0.05, 0) is 25.0 Å². The molecule has 0 unspecified atom stereocenters. The van der Waals surface area contributed by atoms with Crippen molar-refractivity contribution < 1.29 is 9.59 Å². The molecule has 0 radical (unpaired) electrons. The summed E-state index contributed by atoms with van der Waals surface area (Å²) < 4.78 is 0. The Hall–Kier alpha value is -1.87. The van der Waals surface area contributed by atoms with Crippen molar-refractivity contribution in [2.75, 3.05) is 6.54 Å². The molecule has 2 amide bonds. The van der Waals surface area contributed by atoms with Crippen molar-refractivity contribution in [2.45, 2.75) is 13.8 Å². The number of rotatable bonds is 3. The number of nitrogens with zero attached hydrogens (tertiary/aromatic N) is 1. The van der Waals surface area contributed by atoms with E-state index in [-0.39, 0.29) is 23.1 Å². The van der Waals surface area contributed by atoms with Crippen LogP contribution in [0.1, 0.15) is 16.7 Å². The summed E-state index contributed by atoms with van der Waals surface area (Å²) >= 11 is 6.03. The Balaban J connectivity index is 2.52. The van der Waals surface area contributed by atoms with E-state index in [1.807, 2.05) is 32.0 Å². The molecule has 2 rings (SSSR count). The van der Waals surface area contributed by atoms with E-state index in [0.29, 0.717) is 5.56 Å². The summed E-state index contributed by atoms with van der Waals surface area (Å²) in [6.07, 6.45) is 1.50. The fraction of sp³-hybridized carbons (Fsp3) is 0.200. The fourth-order valence-corrected chi connectivity index (χ4v) is 2.45. The molecule has 0 aromatic heterocycles. The third-order valence-electron chi connectivity index (χ3n) is 3.07. The quantitative estimate of drug-likeness (QED) is 0.628. The van der Waals surface area contributed by atoms with Gasteiger partial charge in [-0.15, -0.1) is 6.58 Å². The average Bonchev–Trinajstić information content (AvgIpc) is 2.55. The minimum absolute atomic E-state index is 0.0150. The summed E-state index contributed by atoms with van der Waals surface area (Å²) in [7, 11) is 0. The largest absolute Gasteiger partial charge is 0.273 e. The summed E-state index contributed by atoms with van der Waals surface area (Å²) in [5.41, 5.74) is 3.01. The van der Waals surface area contributed by atoms with E-state index in [9.17, 15) is 9.59 Å². The van der Waals surface area contributed by atoms with Crippen LogP contribution in [0, 0.1) is 13.8 Å². The van der Waals surface area contributed by atoms with Crippen LogP contribution in [0.3, 0.4) is 0 Å². The van der Waals surface area contributed by atoms with Gasteiger partial charge in [-0.2, -0.15) is 0 Å². The second kappa shape index (κ2) is 5.02. The number of amides is 2. The summed E-state index contributed by atoms with van der Waals surface area (Å²) in [5, 5.41) is -0.0150. The van der Waals surface area contributed by atoms with E-state index in [0.717, 1.165) is 16.0 Å². The Bertz CT molecular complexity index is 617. The number of carbonyl (C=O) groups excluding carboxylic acids is 2. The maximum atomic E-state index is 12.3. The molecule has 0 atom stereocenters. The van der Waals surface area contributed by atoms with Gasteiger partial charge < -0.3 is 0 Å². The highest BCUT2D eigenvalue weighted by atomic mass is 35.5. The third kappa shape index (κ3) is 2.22. The van der Waals surface area contributed by atoms with Crippen molar-refractivity contribution in [3.05, 3.63) is 52.6 Å². The number of halogens is 1. The topological polar surface area (TPSA) is 37.4 Å². The number of imide groups is 1. The first-order valence-electron chi connectivity index (χ1n) is 5.92. The molecule has 98 valence electrons. The van der Waals surface area contributed by atoms with Crippen molar-refractivity contribution in [3.63, 3.8) is 0 Å². The summed E-state index contributed by atoms with van der Waals surface area (Å²) in [6.45, 7) is 7.57. The number of carbonyl (C=O) groups is 2. The Kier molecular flexibility index (Phi) is 3.58. The van der Waals surface area contributed by atoms with Gasteiger partial charge in [0.05, 0.1) is 5.57 Å². The van der Waals surface area contributed by atoms with Crippen LogP contribution >= 0.6 is 11.6 Å². The van der Waals surface area contributed by atoms with Gasteiger partial charge in [0.1, 0.15) is 5.03 Å². The molecule has 0 N–H and O–H groups in total. The summed E-state index contributed by atoms with van der Waals surface area (Å²) in [5.74, 6) is -0.816. The Morgan fingerprint density at radius 2 is 1.95 bits per heavy atom. The van der Waals surface area contributed by atoms with Crippen LogP contribution < -0.4 is 0 Å². The second-order valence-electron chi connectivity index (χ2n) is 4.52. The number of hydrogen-bond donors (Lipinski definition) is 0. The van der Waals surface area contributed by atoms with Crippen LogP contribution in [0.5, 0.6) is 0 Å². The maximum Gasteiger partial charge on any atom is 0.273 e. The lowest BCUT2D eigenvalue weighted by Gasteiger charge is -2.12. The predicted octanol–water partition coefficient (Wildman–Crippen LogP) is 2.81. The Morgan fingerprint density at radius 1 is 1.26 bits per heavy atom. The highest BCUT2D eigenvalue weighted by Crippen LogP contribution is 2.33. The van der Waals surface area contributed by atoms with E-state index in [2.05, 4.69) is 6.58 Å². The van der Waals surface area contributed by atoms with Gasteiger partial charge in [0, 0.05) is 6.54 Å². The molecule has 0 saturated carbocycles.